The minimum atomic E-state index is -0.913. The quantitative estimate of drug-likeness (QED) is 0.553. The molecule has 0 saturated heterocycles. The van der Waals surface area contributed by atoms with Gasteiger partial charge in [0.25, 0.3) is 11.8 Å². The highest BCUT2D eigenvalue weighted by atomic mass is 16.2. The minimum Gasteiger partial charge on any atom is -0.352 e. The van der Waals surface area contributed by atoms with E-state index in [2.05, 4.69) is 17.4 Å². The molecule has 4 rings (SSSR count). The van der Waals surface area contributed by atoms with Gasteiger partial charge in [-0.1, -0.05) is 72.8 Å². The number of rotatable bonds is 8. The number of imide groups is 1. The van der Waals surface area contributed by atoms with Crippen molar-refractivity contribution in [2.75, 3.05) is 0 Å². The zero-order valence-corrected chi connectivity index (χ0v) is 18.0. The largest absolute Gasteiger partial charge is 0.352 e. The Morgan fingerprint density at radius 1 is 0.781 bits per heavy atom. The third-order valence-corrected chi connectivity index (χ3v) is 5.81. The maximum atomic E-state index is 13.3. The van der Waals surface area contributed by atoms with Crippen molar-refractivity contribution in [3.8, 4) is 0 Å². The number of aryl methyl sites for hydroxylation is 1. The summed E-state index contributed by atoms with van der Waals surface area (Å²) in [5.41, 5.74) is 2.79. The van der Waals surface area contributed by atoms with E-state index in [0.717, 1.165) is 23.3 Å². The lowest BCUT2D eigenvalue weighted by molar-refractivity contribution is -0.125. The van der Waals surface area contributed by atoms with Gasteiger partial charge in [-0.05, 0) is 43.0 Å². The molecule has 0 bridgehead atoms. The lowest BCUT2D eigenvalue weighted by Gasteiger charge is -2.27. The fourth-order valence-electron chi connectivity index (χ4n) is 4.07. The van der Waals surface area contributed by atoms with Crippen LogP contribution in [0, 0.1) is 0 Å². The van der Waals surface area contributed by atoms with Crippen LogP contribution in [-0.4, -0.2) is 34.7 Å². The molecule has 162 valence electrons. The molecule has 0 radical (unpaired) electrons. The normalized spacial score (nSPS) is 14.7. The van der Waals surface area contributed by atoms with Gasteiger partial charge >= 0.3 is 0 Å². The van der Waals surface area contributed by atoms with Crippen LogP contribution >= 0.6 is 0 Å². The van der Waals surface area contributed by atoms with Crippen molar-refractivity contribution in [3.63, 3.8) is 0 Å². The van der Waals surface area contributed by atoms with Crippen molar-refractivity contribution in [2.45, 2.75) is 38.3 Å². The van der Waals surface area contributed by atoms with Crippen LogP contribution in [0.3, 0.4) is 0 Å². The van der Waals surface area contributed by atoms with Crippen molar-refractivity contribution in [1.29, 1.82) is 0 Å². The maximum Gasteiger partial charge on any atom is 0.262 e. The zero-order valence-electron chi connectivity index (χ0n) is 18.0. The summed E-state index contributed by atoms with van der Waals surface area (Å²) in [5.74, 6) is -1.15. The number of benzene rings is 3. The molecule has 2 atom stereocenters. The summed E-state index contributed by atoms with van der Waals surface area (Å²) >= 11 is 0. The first-order valence-electron chi connectivity index (χ1n) is 10.9. The monoisotopic (exact) mass is 426 g/mol. The summed E-state index contributed by atoms with van der Waals surface area (Å²) in [6.45, 7) is 1.95. The molecule has 1 N–H and O–H groups in total. The average molecular weight is 427 g/mol. The van der Waals surface area contributed by atoms with E-state index in [1.165, 1.54) is 5.56 Å². The summed E-state index contributed by atoms with van der Waals surface area (Å²) in [7, 11) is 0. The van der Waals surface area contributed by atoms with Gasteiger partial charge in [-0.2, -0.15) is 0 Å². The topological polar surface area (TPSA) is 66.5 Å². The van der Waals surface area contributed by atoms with Crippen molar-refractivity contribution in [3.05, 3.63) is 107 Å². The second-order valence-corrected chi connectivity index (χ2v) is 8.17. The molecule has 32 heavy (non-hydrogen) atoms. The number of nitrogens with one attached hydrogen (secondary N) is 1. The molecule has 1 aliphatic heterocycles. The Kier molecular flexibility index (Phi) is 6.45. The molecule has 3 amide bonds. The molecular formula is C27H26N2O3. The number of hydrogen-bond acceptors (Lipinski definition) is 3. The summed E-state index contributed by atoms with van der Waals surface area (Å²) in [6.07, 6.45) is 1.86. The molecule has 5 nitrogen and oxygen atoms in total. The van der Waals surface area contributed by atoms with Gasteiger partial charge in [0.1, 0.15) is 6.04 Å². The van der Waals surface area contributed by atoms with Crippen LogP contribution in [0.25, 0.3) is 0 Å². The van der Waals surface area contributed by atoms with E-state index in [1.807, 2.05) is 55.5 Å². The number of carbonyl (C=O) groups is 3. The van der Waals surface area contributed by atoms with Gasteiger partial charge in [0.2, 0.25) is 5.91 Å². The van der Waals surface area contributed by atoms with Gasteiger partial charge in [-0.25, -0.2) is 0 Å². The number of amides is 3. The minimum absolute atomic E-state index is 0.101. The third kappa shape index (κ3) is 4.62. The number of fused-ring (bicyclic) bond motifs is 1. The average Bonchev–Trinajstić information content (AvgIpc) is 3.07. The summed E-state index contributed by atoms with van der Waals surface area (Å²) in [5, 5.41) is 3.03. The highest BCUT2D eigenvalue weighted by molar-refractivity contribution is 6.22. The van der Waals surface area contributed by atoms with Gasteiger partial charge < -0.3 is 5.32 Å². The Labute approximate surface area is 188 Å². The van der Waals surface area contributed by atoms with E-state index in [4.69, 9.17) is 0 Å². The summed E-state index contributed by atoms with van der Waals surface area (Å²) in [6, 6.07) is 25.3. The van der Waals surface area contributed by atoms with E-state index in [-0.39, 0.29) is 18.4 Å². The second-order valence-electron chi connectivity index (χ2n) is 8.17. The second kappa shape index (κ2) is 9.60. The lowest BCUT2D eigenvalue weighted by Crippen LogP contribution is -2.52. The smallest absolute Gasteiger partial charge is 0.262 e. The third-order valence-electron chi connectivity index (χ3n) is 5.81. The molecule has 1 aliphatic rings. The number of carbonyl (C=O) groups excluding carboxylic acids is 3. The fourth-order valence-corrected chi connectivity index (χ4v) is 4.07. The summed E-state index contributed by atoms with van der Waals surface area (Å²) in [4.78, 5) is 40.6. The van der Waals surface area contributed by atoms with Gasteiger partial charge in [0.05, 0.1) is 11.1 Å². The molecule has 1 heterocycles. The number of nitrogens with zero attached hydrogens (tertiary/aromatic N) is 1. The van der Waals surface area contributed by atoms with Gasteiger partial charge in [-0.3, -0.25) is 19.3 Å². The molecule has 0 fully saturated rings. The predicted octanol–water partition coefficient (Wildman–Crippen LogP) is 4.03. The Balaban J connectivity index is 1.52. The van der Waals surface area contributed by atoms with Crippen LogP contribution in [0.5, 0.6) is 0 Å². The fraction of sp³-hybridized carbons (Fsp3) is 0.222. The van der Waals surface area contributed by atoms with Crippen molar-refractivity contribution in [1.82, 2.24) is 10.2 Å². The van der Waals surface area contributed by atoms with E-state index in [0.29, 0.717) is 11.1 Å². The first-order chi connectivity index (χ1) is 15.5. The van der Waals surface area contributed by atoms with Crippen LogP contribution in [0.15, 0.2) is 84.9 Å². The Morgan fingerprint density at radius 2 is 1.28 bits per heavy atom. The Morgan fingerprint density at radius 3 is 1.84 bits per heavy atom. The standard InChI is InChI=1S/C27H26N2O3/c1-19(16-17-20-10-4-2-5-11-20)28-25(30)24(18-21-12-6-3-7-13-21)29-26(31)22-14-8-9-15-23(22)27(29)32/h2-15,19,24H,16-18H2,1H3,(H,28,30)/t19?,24-/m0/s1. The number of hydrogen-bond donors (Lipinski definition) is 1. The van der Waals surface area contributed by atoms with Crippen molar-refractivity contribution in [2.24, 2.45) is 0 Å². The summed E-state index contributed by atoms with van der Waals surface area (Å²) < 4.78 is 0. The predicted molar refractivity (Wildman–Crippen MR) is 123 cm³/mol. The highest BCUT2D eigenvalue weighted by Gasteiger charge is 2.42. The molecule has 3 aromatic rings. The molecule has 0 aromatic heterocycles. The van der Waals surface area contributed by atoms with Crippen molar-refractivity contribution < 1.29 is 14.4 Å². The SMILES string of the molecule is CC(CCc1ccccc1)NC(=O)[C@H](Cc1ccccc1)N1C(=O)c2ccccc2C1=O. The van der Waals surface area contributed by atoms with E-state index in [1.54, 1.807) is 24.3 Å². The van der Waals surface area contributed by atoms with Crippen LogP contribution in [-0.2, 0) is 17.6 Å². The van der Waals surface area contributed by atoms with E-state index < -0.39 is 17.9 Å². The zero-order chi connectivity index (χ0) is 22.5. The molecular weight excluding hydrogens is 400 g/mol. The van der Waals surface area contributed by atoms with Gasteiger partial charge in [0, 0.05) is 12.5 Å². The highest BCUT2D eigenvalue weighted by Crippen LogP contribution is 2.26. The van der Waals surface area contributed by atoms with E-state index in [9.17, 15) is 14.4 Å². The van der Waals surface area contributed by atoms with Crippen LogP contribution in [0.4, 0.5) is 0 Å². The molecule has 0 saturated carbocycles. The first kappa shape index (κ1) is 21.5. The Bertz CT molecular complexity index is 1080. The van der Waals surface area contributed by atoms with Crippen molar-refractivity contribution >= 4 is 17.7 Å². The van der Waals surface area contributed by atoms with Gasteiger partial charge in [0.15, 0.2) is 0 Å². The maximum absolute atomic E-state index is 13.3. The first-order valence-corrected chi connectivity index (χ1v) is 10.9. The molecule has 5 heteroatoms. The van der Waals surface area contributed by atoms with Gasteiger partial charge in [-0.15, -0.1) is 0 Å². The lowest BCUT2D eigenvalue weighted by atomic mass is 10.0. The van der Waals surface area contributed by atoms with E-state index >= 15 is 0 Å². The molecule has 0 spiro atoms. The molecule has 0 aliphatic carbocycles. The Hall–Kier alpha value is -3.73. The molecule has 3 aromatic carbocycles. The molecule has 1 unspecified atom stereocenters. The van der Waals surface area contributed by atoms with Crippen LogP contribution < -0.4 is 5.32 Å². The van der Waals surface area contributed by atoms with Crippen LogP contribution in [0.2, 0.25) is 0 Å². The van der Waals surface area contributed by atoms with Crippen LogP contribution in [0.1, 0.15) is 45.2 Å².